The number of phenolic OH excluding ortho intramolecular Hbond substituents is 1. The summed E-state index contributed by atoms with van der Waals surface area (Å²) in [6, 6.07) is 7.03. The Kier molecular flexibility index (Phi) is 3.11. The highest BCUT2D eigenvalue weighted by Crippen LogP contribution is 2.37. The number of ether oxygens (including phenoxy) is 1. The predicted molar refractivity (Wildman–Crippen MR) is 58.9 cm³/mol. The van der Waals surface area contributed by atoms with Crippen molar-refractivity contribution < 1.29 is 9.84 Å². The van der Waals surface area contributed by atoms with E-state index in [0.717, 1.165) is 5.92 Å². The standard InChI is InChI=1S/C12H17NO2/c13-7-10(9-5-6-9)8-15-12-4-2-1-3-11(12)14/h1-4,9-10,14H,5-8,13H2. The van der Waals surface area contributed by atoms with Crippen molar-refractivity contribution in [2.24, 2.45) is 17.6 Å². The van der Waals surface area contributed by atoms with E-state index in [1.807, 2.05) is 6.07 Å². The lowest BCUT2D eigenvalue weighted by atomic mass is 10.1. The molecule has 1 atom stereocenters. The fraction of sp³-hybridized carbons (Fsp3) is 0.500. The molecule has 82 valence electrons. The Morgan fingerprint density at radius 3 is 2.73 bits per heavy atom. The minimum Gasteiger partial charge on any atom is -0.504 e. The number of hydrogen-bond acceptors (Lipinski definition) is 3. The summed E-state index contributed by atoms with van der Waals surface area (Å²) in [7, 11) is 0. The lowest BCUT2D eigenvalue weighted by molar-refractivity contribution is 0.228. The Labute approximate surface area is 89.9 Å². The van der Waals surface area contributed by atoms with Crippen molar-refractivity contribution in [3.05, 3.63) is 24.3 Å². The first-order chi connectivity index (χ1) is 7.31. The molecule has 0 amide bonds. The fourth-order valence-corrected chi connectivity index (χ4v) is 1.74. The summed E-state index contributed by atoms with van der Waals surface area (Å²) in [5.41, 5.74) is 5.67. The maximum absolute atomic E-state index is 9.49. The lowest BCUT2D eigenvalue weighted by Gasteiger charge is -2.15. The van der Waals surface area contributed by atoms with Crippen LogP contribution in [0.3, 0.4) is 0 Å². The van der Waals surface area contributed by atoms with Crippen molar-refractivity contribution >= 4 is 0 Å². The van der Waals surface area contributed by atoms with Gasteiger partial charge in [0.15, 0.2) is 11.5 Å². The maximum Gasteiger partial charge on any atom is 0.160 e. The Morgan fingerprint density at radius 1 is 1.40 bits per heavy atom. The molecule has 2 rings (SSSR count). The Hall–Kier alpha value is -1.22. The van der Waals surface area contributed by atoms with E-state index >= 15 is 0 Å². The van der Waals surface area contributed by atoms with Crippen molar-refractivity contribution in [1.29, 1.82) is 0 Å². The van der Waals surface area contributed by atoms with Gasteiger partial charge in [0, 0.05) is 5.92 Å². The molecule has 0 bridgehead atoms. The summed E-state index contributed by atoms with van der Waals surface area (Å²) in [4.78, 5) is 0. The van der Waals surface area contributed by atoms with Gasteiger partial charge in [-0.2, -0.15) is 0 Å². The average molecular weight is 207 g/mol. The molecule has 3 N–H and O–H groups in total. The molecule has 0 heterocycles. The first-order valence-electron chi connectivity index (χ1n) is 5.42. The van der Waals surface area contributed by atoms with Crippen molar-refractivity contribution in [1.82, 2.24) is 0 Å². The number of hydrogen-bond donors (Lipinski definition) is 2. The first kappa shape index (κ1) is 10.3. The highest BCUT2D eigenvalue weighted by atomic mass is 16.5. The topological polar surface area (TPSA) is 55.5 Å². The van der Waals surface area contributed by atoms with Crippen LogP contribution in [0.2, 0.25) is 0 Å². The second kappa shape index (κ2) is 4.53. The van der Waals surface area contributed by atoms with Gasteiger partial charge in [0.1, 0.15) is 0 Å². The summed E-state index contributed by atoms with van der Waals surface area (Å²) in [5.74, 6) is 1.92. The van der Waals surface area contributed by atoms with E-state index in [-0.39, 0.29) is 5.75 Å². The van der Waals surface area contributed by atoms with Gasteiger partial charge < -0.3 is 15.6 Å². The third kappa shape index (κ3) is 2.63. The van der Waals surface area contributed by atoms with Gasteiger partial charge in [-0.1, -0.05) is 12.1 Å². The van der Waals surface area contributed by atoms with Gasteiger partial charge in [0.05, 0.1) is 6.61 Å². The molecular weight excluding hydrogens is 190 g/mol. The molecule has 3 nitrogen and oxygen atoms in total. The monoisotopic (exact) mass is 207 g/mol. The molecule has 15 heavy (non-hydrogen) atoms. The Bertz CT molecular complexity index is 323. The van der Waals surface area contributed by atoms with Crippen molar-refractivity contribution in [3.63, 3.8) is 0 Å². The zero-order valence-electron chi connectivity index (χ0n) is 8.73. The number of benzene rings is 1. The van der Waals surface area contributed by atoms with Gasteiger partial charge >= 0.3 is 0 Å². The number of phenols is 1. The molecule has 1 unspecified atom stereocenters. The Morgan fingerprint density at radius 2 is 2.13 bits per heavy atom. The van der Waals surface area contributed by atoms with Crippen LogP contribution in [-0.2, 0) is 0 Å². The molecular formula is C12H17NO2. The molecule has 0 radical (unpaired) electrons. The molecule has 1 aliphatic rings. The highest BCUT2D eigenvalue weighted by Gasteiger charge is 2.30. The number of aromatic hydroxyl groups is 1. The molecule has 1 aromatic carbocycles. The molecule has 0 aromatic heterocycles. The zero-order chi connectivity index (χ0) is 10.7. The van der Waals surface area contributed by atoms with Gasteiger partial charge in [0.2, 0.25) is 0 Å². The van der Waals surface area contributed by atoms with Crippen LogP contribution in [0, 0.1) is 11.8 Å². The van der Waals surface area contributed by atoms with Crippen LogP contribution in [0.1, 0.15) is 12.8 Å². The second-order valence-electron chi connectivity index (χ2n) is 4.11. The average Bonchev–Trinajstić information content (AvgIpc) is 3.06. The van der Waals surface area contributed by atoms with E-state index in [1.54, 1.807) is 18.2 Å². The summed E-state index contributed by atoms with van der Waals surface area (Å²) in [6.45, 7) is 1.27. The first-order valence-corrected chi connectivity index (χ1v) is 5.42. The van der Waals surface area contributed by atoms with E-state index in [2.05, 4.69) is 0 Å². The predicted octanol–water partition coefficient (Wildman–Crippen LogP) is 1.76. The molecule has 1 aromatic rings. The molecule has 1 saturated carbocycles. The van der Waals surface area contributed by atoms with E-state index in [9.17, 15) is 5.11 Å². The van der Waals surface area contributed by atoms with Gasteiger partial charge in [-0.05, 0) is 37.4 Å². The SMILES string of the molecule is NCC(COc1ccccc1O)C1CC1. The summed E-state index contributed by atoms with van der Waals surface area (Å²) in [6.07, 6.45) is 2.54. The van der Waals surface area contributed by atoms with Crippen LogP contribution in [0.15, 0.2) is 24.3 Å². The Balaban J connectivity index is 1.89. The lowest BCUT2D eigenvalue weighted by Crippen LogP contribution is -2.23. The molecule has 1 aliphatic carbocycles. The zero-order valence-corrected chi connectivity index (χ0v) is 8.73. The van der Waals surface area contributed by atoms with Crippen molar-refractivity contribution in [3.8, 4) is 11.5 Å². The number of para-hydroxylation sites is 2. The quantitative estimate of drug-likeness (QED) is 0.773. The van der Waals surface area contributed by atoms with Gasteiger partial charge in [-0.3, -0.25) is 0 Å². The van der Waals surface area contributed by atoms with Crippen LogP contribution in [-0.4, -0.2) is 18.3 Å². The summed E-state index contributed by atoms with van der Waals surface area (Å²) >= 11 is 0. The molecule has 1 fully saturated rings. The van der Waals surface area contributed by atoms with Gasteiger partial charge in [0.25, 0.3) is 0 Å². The molecule has 0 saturated heterocycles. The van der Waals surface area contributed by atoms with Crippen molar-refractivity contribution in [2.45, 2.75) is 12.8 Å². The smallest absolute Gasteiger partial charge is 0.160 e. The van der Waals surface area contributed by atoms with E-state index in [0.29, 0.717) is 24.8 Å². The highest BCUT2D eigenvalue weighted by molar-refractivity contribution is 5.37. The summed E-state index contributed by atoms with van der Waals surface area (Å²) < 4.78 is 5.56. The fourth-order valence-electron chi connectivity index (χ4n) is 1.74. The van der Waals surface area contributed by atoms with Crippen LogP contribution >= 0.6 is 0 Å². The van der Waals surface area contributed by atoms with Crippen molar-refractivity contribution in [2.75, 3.05) is 13.2 Å². The minimum atomic E-state index is 0.198. The minimum absolute atomic E-state index is 0.198. The van der Waals surface area contributed by atoms with Gasteiger partial charge in [-0.15, -0.1) is 0 Å². The number of nitrogens with two attached hydrogens (primary N) is 1. The van der Waals surface area contributed by atoms with E-state index in [4.69, 9.17) is 10.5 Å². The second-order valence-corrected chi connectivity index (χ2v) is 4.11. The summed E-state index contributed by atoms with van der Waals surface area (Å²) in [5, 5.41) is 9.49. The molecule has 3 heteroatoms. The third-order valence-electron chi connectivity index (χ3n) is 2.91. The van der Waals surface area contributed by atoms with E-state index in [1.165, 1.54) is 12.8 Å². The van der Waals surface area contributed by atoms with Crippen LogP contribution in [0.5, 0.6) is 11.5 Å². The molecule has 0 aliphatic heterocycles. The van der Waals surface area contributed by atoms with Crippen LogP contribution in [0.4, 0.5) is 0 Å². The number of rotatable bonds is 5. The third-order valence-corrected chi connectivity index (χ3v) is 2.91. The van der Waals surface area contributed by atoms with Crippen LogP contribution in [0.25, 0.3) is 0 Å². The normalized spacial score (nSPS) is 17.4. The van der Waals surface area contributed by atoms with Crippen LogP contribution < -0.4 is 10.5 Å². The maximum atomic E-state index is 9.49. The van der Waals surface area contributed by atoms with Gasteiger partial charge in [-0.25, -0.2) is 0 Å². The molecule has 0 spiro atoms. The largest absolute Gasteiger partial charge is 0.504 e. The van der Waals surface area contributed by atoms with E-state index < -0.39 is 0 Å².